The minimum atomic E-state index is -1.40. The Balaban J connectivity index is 1.77. The fourth-order valence-corrected chi connectivity index (χ4v) is 4.05. The number of nitrogens with zero attached hydrogens (tertiary/aromatic N) is 2. The van der Waals surface area contributed by atoms with E-state index in [1.54, 1.807) is 6.07 Å². The lowest BCUT2D eigenvalue weighted by Gasteiger charge is -2.48. The Hall–Kier alpha value is -3.48. The maximum atomic E-state index is 12.6. The molecule has 1 aromatic rings. The van der Waals surface area contributed by atoms with E-state index in [9.17, 15) is 24.3 Å². The van der Waals surface area contributed by atoms with Gasteiger partial charge in [-0.3, -0.25) is 19.3 Å². The molecule has 2 aliphatic heterocycles. The van der Waals surface area contributed by atoms with Crippen LogP contribution in [0.1, 0.15) is 5.76 Å². The van der Waals surface area contributed by atoms with Crippen molar-refractivity contribution in [3.63, 3.8) is 0 Å². The molecule has 3 amide bonds. The van der Waals surface area contributed by atoms with Gasteiger partial charge in [0, 0.05) is 0 Å². The summed E-state index contributed by atoms with van der Waals surface area (Å²) in [4.78, 5) is 53.3. The molecule has 3 heterocycles. The average molecular weight is 424 g/mol. The maximum Gasteiger partial charge on any atom is 0.356 e. The fraction of sp³-hybridized carbons (Fsp3) is 0.312. The first-order valence-corrected chi connectivity index (χ1v) is 9.18. The van der Waals surface area contributed by atoms with Crippen LogP contribution in [0.3, 0.4) is 0 Å². The molecule has 0 radical (unpaired) electrons. The molecule has 0 aliphatic carbocycles. The van der Waals surface area contributed by atoms with Gasteiger partial charge in [0.15, 0.2) is 18.1 Å². The first kappa shape index (κ1) is 20.3. The first-order valence-electron chi connectivity index (χ1n) is 8.13. The molecule has 29 heavy (non-hydrogen) atoms. The molecule has 1 fully saturated rings. The highest BCUT2D eigenvalue weighted by Gasteiger charge is 2.55. The van der Waals surface area contributed by atoms with Gasteiger partial charge in [-0.1, -0.05) is 5.16 Å². The standard InChI is InChI=1S/C16H16N4O8S/c1-26-19-10(7-3-2-4-27-7)13(22)18-11-14(23)20-12(16(24)25)8(6-29-15(11)20)28-5-9(17)21/h2-4,11,15H,5-6H2,1H3,(H2,17,21)(H,18,22)(H,24,25)/b19-10-/t11-,15+/m0/s1. The number of furan rings is 1. The number of carboxylic acids is 1. The van der Waals surface area contributed by atoms with Crippen LogP contribution in [0.2, 0.25) is 0 Å². The Kier molecular flexibility index (Phi) is 5.77. The number of thioether (sulfide) groups is 1. The molecule has 0 saturated carbocycles. The number of nitrogens with two attached hydrogens (primary N) is 1. The Morgan fingerprint density at radius 2 is 2.24 bits per heavy atom. The number of rotatable bonds is 8. The number of hydrogen-bond acceptors (Lipinski definition) is 9. The van der Waals surface area contributed by atoms with Gasteiger partial charge in [-0.15, -0.1) is 11.8 Å². The van der Waals surface area contributed by atoms with E-state index in [0.717, 1.165) is 4.90 Å². The van der Waals surface area contributed by atoms with Crippen LogP contribution in [0.5, 0.6) is 0 Å². The van der Waals surface area contributed by atoms with E-state index in [2.05, 4.69) is 15.3 Å². The van der Waals surface area contributed by atoms with Gasteiger partial charge in [-0.25, -0.2) is 4.79 Å². The maximum absolute atomic E-state index is 12.6. The summed E-state index contributed by atoms with van der Waals surface area (Å²) in [6.45, 7) is -0.514. The summed E-state index contributed by atoms with van der Waals surface area (Å²) in [7, 11) is 1.25. The third kappa shape index (κ3) is 3.89. The van der Waals surface area contributed by atoms with Crippen molar-refractivity contribution in [3.05, 3.63) is 35.6 Å². The van der Waals surface area contributed by atoms with E-state index in [4.69, 9.17) is 14.9 Å². The van der Waals surface area contributed by atoms with Crippen LogP contribution in [0, 0.1) is 0 Å². The van der Waals surface area contributed by atoms with Crippen LogP contribution < -0.4 is 11.1 Å². The van der Waals surface area contributed by atoms with Crippen molar-refractivity contribution in [2.75, 3.05) is 19.5 Å². The number of amides is 3. The molecule has 154 valence electrons. The number of oxime groups is 1. The summed E-state index contributed by atoms with van der Waals surface area (Å²) in [6.07, 6.45) is 1.35. The largest absolute Gasteiger partial charge is 0.485 e. The van der Waals surface area contributed by atoms with Crippen LogP contribution >= 0.6 is 11.8 Å². The second kappa shape index (κ2) is 8.26. The minimum Gasteiger partial charge on any atom is -0.485 e. The second-order valence-electron chi connectivity index (χ2n) is 5.79. The number of fused-ring (bicyclic) bond motifs is 1. The highest BCUT2D eigenvalue weighted by Crippen LogP contribution is 2.40. The van der Waals surface area contributed by atoms with E-state index in [0.29, 0.717) is 0 Å². The lowest BCUT2D eigenvalue weighted by molar-refractivity contribution is -0.150. The third-order valence-electron chi connectivity index (χ3n) is 3.96. The summed E-state index contributed by atoms with van der Waals surface area (Å²) in [5.74, 6) is -3.39. The summed E-state index contributed by atoms with van der Waals surface area (Å²) >= 11 is 1.17. The molecule has 0 aromatic carbocycles. The van der Waals surface area contributed by atoms with Gasteiger partial charge in [-0.05, 0) is 12.1 Å². The van der Waals surface area contributed by atoms with Gasteiger partial charge in [0.05, 0.1) is 12.0 Å². The Morgan fingerprint density at radius 1 is 1.48 bits per heavy atom. The van der Waals surface area contributed by atoms with Crippen molar-refractivity contribution in [2.45, 2.75) is 11.4 Å². The molecule has 1 aromatic heterocycles. The van der Waals surface area contributed by atoms with Gasteiger partial charge in [0.25, 0.3) is 17.7 Å². The van der Waals surface area contributed by atoms with Crippen molar-refractivity contribution in [2.24, 2.45) is 10.9 Å². The van der Waals surface area contributed by atoms with E-state index < -0.39 is 41.7 Å². The number of carbonyl (C=O) groups excluding carboxylic acids is 3. The monoisotopic (exact) mass is 424 g/mol. The molecular formula is C16H16N4O8S. The van der Waals surface area contributed by atoms with E-state index >= 15 is 0 Å². The van der Waals surface area contributed by atoms with Crippen LogP contribution in [0.4, 0.5) is 0 Å². The third-order valence-corrected chi connectivity index (χ3v) is 5.22. The normalized spacial score (nSPS) is 21.2. The van der Waals surface area contributed by atoms with Gasteiger partial charge in [-0.2, -0.15) is 0 Å². The fourth-order valence-electron chi connectivity index (χ4n) is 2.77. The molecule has 13 heteroatoms. The summed E-state index contributed by atoms with van der Waals surface area (Å²) in [6, 6.07) is 2.06. The van der Waals surface area contributed by atoms with Gasteiger partial charge in [0.2, 0.25) is 5.71 Å². The number of carbonyl (C=O) groups is 4. The average Bonchev–Trinajstić information content (AvgIpc) is 3.21. The molecule has 2 atom stereocenters. The predicted octanol–water partition coefficient (Wildman–Crippen LogP) is -1.17. The number of carboxylic acid groups (broad SMARTS) is 1. The van der Waals surface area contributed by atoms with Crippen molar-refractivity contribution in [3.8, 4) is 0 Å². The van der Waals surface area contributed by atoms with Crippen molar-refractivity contribution in [1.82, 2.24) is 10.2 Å². The SMILES string of the molecule is CO/N=C(\C(=O)N[C@H]1C(=O)N2C(C(=O)O)=C(OCC(N)=O)CS[C@H]12)c1ccco1. The van der Waals surface area contributed by atoms with Crippen molar-refractivity contribution >= 4 is 41.2 Å². The van der Waals surface area contributed by atoms with Crippen LogP contribution in [0.15, 0.2) is 39.4 Å². The van der Waals surface area contributed by atoms with Crippen LogP contribution in [0.25, 0.3) is 0 Å². The first-order chi connectivity index (χ1) is 13.8. The van der Waals surface area contributed by atoms with E-state index in [1.807, 2.05) is 0 Å². The van der Waals surface area contributed by atoms with Gasteiger partial charge >= 0.3 is 5.97 Å². The Morgan fingerprint density at radius 3 is 2.83 bits per heavy atom. The number of primary amides is 1. The number of hydrogen-bond donors (Lipinski definition) is 3. The summed E-state index contributed by atoms with van der Waals surface area (Å²) in [5, 5.41) is 14.9. The van der Waals surface area contributed by atoms with Crippen molar-refractivity contribution < 1.29 is 38.3 Å². The minimum absolute atomic E-state index is 0.0482. The van der Waals surface area contributed by atoms with E-state index in [-0.39, 0.29) is 28.7 Å². The zero-order valence-electron chi connectivity index (χ0n) is 15.0. The molecule has 3 rings (SSSR count). The smallest absolute Gasteiger partial charge is 0.356 e. The Bertz CT molecular complexity index is 910. The quantitative estimate of drug-likeness (QED) is 0.264. The molecule has 1 saturated heterocycles. The number of ether oxygens (including phenoxy) is 1. The van der Waals surface area contributed by atoms with Gasteiger partial charge in [0.1, 0.15) is 24.3 Å². The number of nitrogens with one attached hydrogen (secondary N) is 1. The predicted molar refractivity (Wildman–Crippen MR) is 97.1 cm³/mol. The molecule has 0 bridgehead atoms. The van der Waals surface area contributed by atoms with Crippen molar-refractivity contribution in [1.29, 1.82) is 0 Å². The molecule has 12 nitrogen and oxygen atoms in total. The highest BCUT2D eigenvalue weighted by molar-refractivity contribution is 8.00. The number of β-lactam (4-membered cyclic amide) rings is 1. The summed E-state index contributed by atoms with van der Waals surface area (Å²) in [5.41, 5.74) is 4.44. The van der Waals surface area contributed by atoms with Crippen LogP contribution in [-0.4, -0.2) is 70.3 Å². The molecular weight excluding hydrogens is 408 g/mol. The topological polar surface area (TPSA) is 174 Å². The molecule has 4 N–H and O–H groups in total. The highest BCUT2D eigenvalue weighted by atomic mass is 32.2. The lowest BCUT2D eigenvalue weighted by Crippen LogP contribution is -2.71. The Labute approximate surface area is 167 Å². The van der Waals surface area contributed by atoms with E-state index in [1.165, 1.54) is 31.2 Å². The molecule has 0 unspecified atom stereocenters. The lowest BCUT2D eigenvalue weighted by atomic mass is 10.0. The summed E-state index contributed by atoms with van der Waals surface area (Å²) < 4.78 is 10.3. The van der Waals surface area contributed by atoms with Crippen LogP contribution in [-0.2, 0) is 28.8 Å². The zero-order chi connectivity index (χ0) is 21.1. The van der Waals surface area contributed by atoms with Gasteiger partial charge < -0.3 is 30.1 Å². The molecule has 0 spiro atoms. The zero-order valence-corrected chi connectivity index (χ0v) is 15.8. The second-order valence-corrected chi connectivity index (χ2v) is 6.90. The molecule has 2 aliphatic rings. The number of aliphatic carboxylic acids is 1.